The lowest BCUT2D eigenvalue weighted by atomic mass is 9.78. The average Bonchev–Trinajstić information content (AvgIpc) is 2.49. The summed E-state index contributed by atoms with van der Waals surface area (Å²) in [4.78, 5) is 10.9. The lowest BCUT2D eigenvalue weighted by Gasteiger charge is -2.26. The maximum Gasteiger partial charge on any atom is 0.307 e. The Morgan fingerprint density at radius 2 is 2.25 bits per heavy atom. The zero-order valence-corrected chi connectivity index (χ0v) is 7.07. The number of carboxylic acid groups (broad SMARTS) is 1. The molecule has 2 rings (SSSR count). The third kappa shape index (κ3) is 1.15. The van der Waals surface area contributed by atoms with Crippen molar-refractivity contribution in [2.75, 3.05) is 0 Å². The molecule has 66 valence electrons. The number of carboxylic acids is 1. The molecule has 12 heavy (non-hydrogen) atoms. The fourth-order valence-corrected chi connectivity index (χ4v) is 2.61. The first-order chi connectivity index (χ1) is 5.79. The van der Waals surface area contributed by atoms with Gasteiger partial charge in [0, 0.05) is 0 Å². The van der Waals surface area contributed by atoms with Crippen LogP contribution in [0, 0.1) is 17.8 Å². The second-order valence-corrected chi connectivity index (χ2v) is 3.87. The third-order valence-electron chi connectivity index (χ3n) is 3.23. The smallest absolute Gasteiger partial charge is 0.307 e. The first-order valence-electron chi connectivity index (χ1n) is 4.68. The highest BCUT2D eigenvalue weighted by molar-refractivity contribution is 5.71. The number of carbonyl (C=O) groups is 1. The van der Waals surface area contributed by atoms with Gasteiger partial charge in [-0.3, -0.25) is 4.79 Å². The largest absolute Gasteiger partial charge is 0.481 e. The van der Waals surface area contributed by atoms with Crippen molar-refractivity contribution in [3.8, 4) is 0 Å². The second kappa shape index (κ2) is 2.92. The first kappa shape index (κ1) is 7.84. The van der Waals surface area contributed by atoms with Gasteiger partial charge < -0.3 is 5.11 Å². The zero-order valence-electron chi connectivity index (χ0n) is 7.07. The second-order valence-electron chi connectivity index (χ2n) is 3.87. The monoisotopic (exact) mass is 166 g/mol. The molecule has 2 nitrogen and oxygen atoms in total. The molecule has 0 saturated heterocycles. The Labute approximate surface area is 72.3 Å². The number of fused-ring (bicyclic) bond motifs is 1. The van der Waals surface area contributed by atoms with Crippen molar-refractivity contribution in [1.82, 2.24) is 0 Å². The standard InChI is InChI=1S/C10H14O2/c11-10(12)9-6-2-4-7-3-1-5-8(7)9/h2,4,7-9H,1,3,5-6H2,(H,11,12)/t7-,8-,9-/m1/s1. The molecule has 0 unspecified atom stereocenters. The van der Waals surface area contributed by atoms with Gasteiger partial charge in [-0.2, -0.15) is 0 Å². The van der Waals surface area contributed by atoms with Crippen LogP contribution in [0.1, 0.15) is 25.7 Å². The van der Waals surface area contributed by atoms with Crippen LogP contribution >= 0.6 is 0 Å². The molecule has 0 radical (unpaired) electrons. The van der Waals surface area contributed by atoms with Crippen LogP contribution in [0.2, 0.25) is 0 Å². The Kier molecular flexibility index (Phi) is 1.91. The SMILES string of the molecule is O=C(O)[C@@H]1CC=C[C@H]2CCC[C@H]21. The molecular weight excluding hydrogens is 152 g/mol. The molecule has 0 aromatic heterocycles. The summed E-state index contributed by atoms with van der Waals surface area (Å²) < 4.78 is 0. The van der Waals surface area contributed by atoms with E-state index < -0.39 is 5.97 Å². The minimum absolute atomic E-state index is 0.0949. The molecule has 2 heteroatoms. The van der Waals surface area contributed by atoms with E-state index in [4.69, 9.17) is 5.11 Å². The van der Waals surface area contributed by atoms with Gasteiger partial charge in [0.2, 0.25) is 0 Å². The minimum atomic E-state index is -0.601. The number of hydrogen-bond acceptors (Lipinski definition) is 1. The van der Waals surface area contributed by atoms with Crippen molar-refractivity contribution in [3.63, 3.8) is 0 Å². The molecule has 0 amide bonds. The number of hydrogen-bond donors (Lipinski definition) is 1. The maximum atomic E-state index is 10.9. The summed E-state index contributed by atoms with van der Waals surface area (Å²) in [5, 5.41) is 8.95. The van der Waals surface area contributed by atoms with Gasteiger partial charge >= 0.3 is 5.97 Å². The van der Waals surface area contributed by atoms with Crippen LogP contribution in [-0.2, 0) is 4.79 Å². The van der Waals surface area contributed by atoms with Gasteiger partial charge in [0.15, 0.2) is 0 Å². The fourth-order valence-electron chi connectivity index (χ4n) is 2.61. The molecular formula is C10H14O2. The number of rotatable bonds is 1. The van der Waals surface area contributed by atoms with Crippen molar-refractivity contribution in [2.24, 2.45) is 17.8 Å². The summed E-state index contributed by atoms with van der Waals surface area (Å²) in [6.45, 7) is 0. The molecule has 0 aromatic rings. The van der Waals surface area contributed by atoms with Gasteiger partial charge in [0.1, 0.15) is 0 Å². The predicted octanol–water partition coefficient (Wildman–Crippen LogP) is 2.06. The molecule has 0 heterocycles. The summed E-state index contributed by atoms with van der Waals surface area (Å²) in [6.07, 6.45) is 8.54. The van der Waals surface area contributed by atoms with Crippen molar-refractivity contribution >= 4 is 5.97 Å². The van der Waals surface area contributed by atoms with E-state index in [9.17, 15) is 4.79 Å². The molecule has 0 aromatic carbocycles. The Balaban J connectivity index is 2.16. The van der Waals surface area contributed by atoms with Crippen LogP contribution in [0.5, 0.6) is 0 Å². The van der Waals surface area contributed by atoms with Crippen molar-refractivity contribution in [1.29, 1.82) is 0 Å². The summed E-state index contributed by atoms with van der Waals surface area (Å²) in [5.74, 6) is 0.311. The normalized spacial score (nSPS) is 39.5. The van der Waals surface area contributed by atoms with Crippen LogP contribution < -0.4 is 0 Å². The summed E-state index contributed by atoms with van der Waals surface area (Å²) in [6, 6.07) is 0. The maximum absolute atomic E-state index is 10.9. The number of aliphatic carboxylic acids is 1. The molecule has 0 spiro atoms. The molecule has 1 fully saturated rings. The highest BCUT2D eigenvalue weighted by Gasteiger charge is 2.37. The Morgan fingerprint density at radius 1 is 1.42 bits per heavy atom. The fraction of sp³-hybridized carbons (Fsp3) is 0.700. The van der Waals surface area contributed by atoms with Crippen LogP contribution in [0.4, 0.5) is 0 Å². The average molecular weight is 166 g/mol. The van der Waals surface area contributed by atoms with E-state index in [1.165, 1.54) is 12.8 Å². The van der Waals surface area contributed by atoms with E-state index >= 15 is 0 Å². The van der Waals surface area contributed by atoms with Crippen molar-refractivity contribution in [3.05, 3.63) is 12.2 Å². The van der Waals surface area contributed by atoms with Crippen LogP contribution in [0.15, 0.2) is 12.2 Å². The summed E-state index contributed by atoms with van der Waals surface area (Å²) in [7, 11) is 0. The number of allylic oxidation sites excluding steroid dienone is 2. The van der Waals surface area contributed by atoms with E-state index in [1.54, 1.807) is 0 Å². The molecule has 1 saturated carbocycles. The minimum Gasteiger partial charge on any atom is -0.481 e. The highest BCUT2D eigenvalue weighted by atomic mass is 16.4. The van der Waals surface area contributed by atoms with E-state index in [2.05, 4.69) is 6.08 Å². The van der Waals surface area contributed by atoms with Crippen molar-refractivity contribution in [2.45, 2.75) is 25.7 Å². The first-order valence-corrected chi connectivity index (χ1v) is 4.68. The Bertz CT molecular complexity index is 220. The van der Waals surface area contributed by atoms with Crippen LogP contribution in [0.3, 0.4) is 0 Å². The summed E-state index contributed by atoms with van der Waals surface area (Å²) >= 11 is 0. The molecule has 1 N–H and O–H groups in total. The van der Waals surface area contributed by atoms with Gasteiger partial charge in [0.25, 0.3) is 0 Å². The molecule has 0 bridgehead atoms. The van der Waals surface area contributed by atoms with Gasteiger partial charge in [0.05, 0.1) is 5.92 Å². The van der Waals surface area contributed by atoms with Crippen molar-refractivity contribution < 1.29 is 9.90 Å². The van der Waals surface area contributed by atoms with Gasteiger partial charge in [-0.15, -0.1) is 0 Å². The topological polar surface area (TPSA) is 37.3 Å². The van der Waals surface area contributed by atoms with E-state index in [-0.39, 0.29) is 5.92 Å². The molecule has 0 aliphatic heterocycles. The van der Waals surface area contributed by atoms with E-state index in [0.29, 0.717) is 11.8 Å². The van der Waals surface area contributed by atoms with E-state index in [1.807, 2.05) is 6.08 Å². The molecule has 2 aliphatic carbocycles. The quantitative estimate of drug-likeness (QED) is 0.605. The third-order valence-corrected chi connectivity index (χ3v) is 3.23. The lowest BCUT2D eigenvalue weighted by molar-refractivity contribution is -0.144. The van der Waals surface area contributed by atoms with E-state index in [0.717, 1.165) is 12.8 Å². The lowest BCUT2D eigenvalue weighted by Crippen LogP contribution is -2.27. The van der Waals surface area contributed by atoms with Gasteiger partial charge in [-0.25, -0.2) is 0 Å². The zero-order chi connectivity index (χ0) is 8.55. The van der Waals surface area contributed by atoms with Crippen LogP contribution in [-0.4, -0.2) is 11.1 Å². The highest BCUT2D eigenvalue weighted by Crippen LogP contribution is 2.42. The predicted molar refractivity (Wildman–Crippen MR) is 45.7 cm³/mol. The summed E-state index contributed by atoms with van der Waals surface area (Å²) in [5.41, 5.74) is 0. The Hall–Kier alpha value is -0.790. The van der Waals surface area contributed by atoms with Crippen LogP contribution in [0.25, 0.3) is 0 Å². The van der Waals surface area contributed by atoms with Gasteiger partial charge in [-0.1, -0.05) is 18.6 Å². The van der Waals surface area contributed by atoms with Gasteiger partial charge in [-0.05, 0) is 31.1 Å². The Morgan fingerprint density at radius 3 is 3.00 bits per heavy atom. The molecule has 2 aliphatic rings. The molecule has 3 atom stereocenters.